The number of imide groups is 1. The number of amides is 2. The average Bonchev–Trinajstić information content (AvgIpc) is 2.47. The zero-order chi connectivity index (χ0) is 17.0. The fourth-order valence-corrected chi connectivity index (χ4v) is 3.16. The molecule has 23 heavy (non-hydrogen) atoms. The molecule has 6 nitrogen and oxygen atoms in total. The van der Waals surface area contributed by atoms with E-state index in [1.807, 2.05) is 12.2 Å². The first-order chi connectivity index (χ1) is 10.9. The van der Waals surface area contributed by atoms with Crippen LogP contribution in [-0.4, -0.2) is 18.6 Å². The van der Waals surface area contributed by atoms with Gasteiger partial charge in [0, 0.05) is 9.86 Å². The molecular formula is C15H13Br2NO5. The second-order valence-corrected chi connectivity index (χ2v) is 6.47. The molecule has 1 aromatic heterocycles. The number of hydrogen-bond donors (Lipinski definition) is 1. The van der Waals surface area contributed by atoms with Gasteiger partial charge in [0.05, 0.1) is 11.1 Å². The summed E-state index contributed by atoms with van der Waals surface area (Å²) in [5.74, 6) is -0.863. The molecule has 0 aliphatic carbocycles. The van der Waals surface area contributed by atoms with Crippen LogP contribution < -0.4 is 10.9 Å². The van der Waals surface area contributed by atoms with Gasteiger partial charge in [0.25, 0.3) is 5.91 Å². The van der Waals surface area contributed by atoms with Crippen molar-refractivity contribution < 1.29 is 18.7 Å². The molecule has 0 aliphatic heterocycles. The molecule has 0 atom stereocenters. The number of hydrogen-bond acceptors (Lipinski definition) is 5. The van der Waals surface area contributed by atoms with Gasteiger partial charge in [-0.15, -0.1) is 0 Å². The monoisotopic (exact) mass is 445 g/mol. The highest BCUT2D eigenvalue weighted by atomic mass is 79.9. The lowest BCUT2D eigenvalue weighted by molar-refractivity contribution is 0.0915. The van der Waals surface area contributed by atoms with Gasteiger partial charge >= 0.3 is 11.7 Å². The van der Waals surface area contributed by atoms with E-state index >= 15 is 0 Å². The Labute approximate surface area is 148 Å². The minimum Gasteiger partial charge on any atom is -0.449 e. The number of alkyl carbamates (subject to hydrolysis) is 1. The zero-order valence-corrected chi connectivity index (χ0v) is 15.3. The number of halogens is 2. The average molecular weight is 447 g/mol. The largest absolute Gasteiger partial charge is 0.449 e. The highest BCUT2D eigenvalue weighted by Gasteiger charge is 2.18. The molecule has 1 aromatic carbocycles. The molecule has 2 amide bonds. The first kappa shape index (κ1) is 17.7. The number of carbonyl (C=O) groups excluding carboxylic acids is 2. The number of ether oxygens (including phenoxy) is 1. The second-order valence-electron chi connectivity index (χ2n) is 4.70. The quantitative estimate of drug-likeness (QED) is 0.566. The molecule has 0 saturated carbocycles. The van der Waals surface area contributed by atoms with Crippen LogP contribution in [0.4, 0.5) is 4.79 Å². The van der Waals surface area contributed by atoms with Crippen LogP contribution in [0.25, 0.3) is 11.0 Å². The van der Waals surface area contributed by atoms with Gasteiger partial charge in [-0.25, -0.2) is 9.59 Å². The van der Waals surface area contributed by atoms with E-state index in [1.54, 1.807) is 12.1 Å². The lowest BCUT2D eigenvalue weighted by Gasteiger charge is -2.06. The van der Waals surface area contributed by atoms with Crippen LogP contribution >= 0.6 is 31.9 Å². The molecule has 122 valence electrons. The maximum atomic E-state index is 12.0. The molecule has 0 spiro atoms. The van der Waals surface area contributed by atoms with Gasteiger partial charge in [0.2, 0.25) is 0 Å². The van der Waals surface area contributed by atoms with Gasteiger partial charge in [0.15, 0.2) is 5.58 Å². The maximum absolute atomic E-state index is 12.0. The highest BCUT2D eigenvalue weighted by Crippen LogP contribution is 2.27. The molecule has 8 heteroatoms. The smallest absolute Gasteiger partial charge is 0.414 e. The summed E-state index contributed by atoms with van der Waals surface area (Å²) in [5, 5.41) is 2.54. The molecule has 0 aliphatic rings. The Bertz CT molecular complexity index is 815. The Kier molecular flexibility index (Phi) is 5.95. The Balaban J connectivity index is 2.25. The first-order valence-corrected chi connectivity index (χ1v) is 8.42. The fourth-order valence-electron chi connectivity index (χ4n) is 1.82. The second kappa shape index (κ2) is 7.74. The molecule has 0 unspecified atom stereocenters. The standard InChI is InChI=1S/C15H13Br2NO5/c1-2-3-4-22-15(21)18-13(19)10-6-8-5-9(16)7-11(17)12(8)23-14(10)20/h5-7H,2-4H2,1H3,(H,18,19,21). The molecule has 1 heterocycles. The molecule has 0 saturated heterocycles. The summed E-state index contributed by atoms with van der Waals surface area (Å²) in [6.07, 6.45) is 0.666. The van der Waals surface area contributed by atoms with E-state index in [2.05, 4.69) is 31.9 Å². The van der Waals surface area contributed by atoms with Crippen molar-refractivity contribution >= 4 is 54.8 Å². The molecule has 2 aromatic rings. The summed E-state index contributed by atoms with van der Waals surface area (Å²) in [6.45, 7) is 2.16. The minimum atomic E-state index is -0.890. The normalized spacial score (nSPS) is 10.6. The third-order valence-corrected chi connectivity index (χ3v) is 3.99. The fraction of sp³-hybridized carbons (Fsp3) is 0.267. The van der Waals surface area contributed by atoms with Crippen LogP contribution in [0.1, 0.15) is 30.1 Å². The van der Waals surface area contributed by atoms with Gasteiger partial charge in [-0.05, 0) is 40.5 Å². The van der Waals surface area contributed by atoms with Crippen molar-refractivity contribution in [1.82, 2.24) is 5.32 Å². The molecule has 0 fully saturated rings. The predicted molar refractivity (Wildman–Crippen MR) is 91.6 cm³/mol. The van der Waals surface area contributed by atoms with Crippen molar-refractivity contribution in [1.29, 1.82) is 0 Å². The molecule has 0 radical (unpaired) electrons. The van der Waals surface area contributed by atoms with Crippen molar-refractivity contribution in [3.8, 4) is 0 Å². The lowest BCUT2D eigenvalue weighted by Crippen LogP contribution is -2.34. The Morgan fingerprint density at radius 3 is 2.70 bits per heavy atom. The van der Waals surface area contributed by atoms with E-state index in [0.29, 0.717) is 21.9 Å². The van der Waals surface area contributed by atoms with Gasteiger partial charge in [-0.1, -0.05) is 29.3 Å². The summed E-state index contributed by atoms with van der Waals surface area (Å²) in [4.78, 5) is 35.5. The van der Waals surface area contributed by atoms with Crippen molar-refractivity contribution in [2.24, 2.45) is 0 Å². The molecular weight excluding hydrogens is 434 g/mol. The van der Waals surface area contributed by atoms with Crippen LogP contribution in [0.3, 0.4) is 0 Å². The van der Waals surface area contributed by atoms with Gasteiger partial charge in [-0.2, -0.15) is 0 Å². The van der Waals surface area contributed by atoms with E-state index in [-0.39, 0.29) is 12.2 Å². The summed E-state index contributed by atoms with van der Waals surface area (Å²) >= 11 is 6.60. The number of fused-ring (bicyclic) bond motifs is 1. The number of rotatable bonds is 4. The number of nitrogens with one attached hydrogen (secondary N) is 1. The SMILES string of the molecule is CCCCOC(=O)NC(=O)c1cc2cc(Br)cc(Br)c2oc1=O. The van der Waals surface area contributed by atoms with Gasteiger partial charge < -0.3 is 9.15 Å². The third kappa shape index (κ3) is 4.42. The maximum Gasteiger partial charge on any atom is 0.414 e. The molecule has 1 N–H and O–H groups in total. The Morgan fingerprint density at radius 1 is 1.26 bits per heavy atom. The van der Waals surface area contributed by atoms with Crippen LogP contribution in [0.15, 0.2) is 36.4 Å². The molecule has 0 bridgehead atoms. The lowest BCUT2D eigenvalue weighted by atomic mass is 10.2. The number of carbonyl (C=O) groups is 2. The van der Waals surface area contributed by atoms with Crippen LogP contribution in [0.2, 0.25) is 0 Å². The van der Waals surface area contributed by atoms with Crippen molar-refractivity contribution in [3.05, 3.63) is 43.1 Å². The topological polar surface area (TPSA) is 85.6 Å². The van der Waals surface area contributed by atoms with Gasteiger partial charge in [-0.3, -0.25) is 10.1 Å². The van der Waals surface area contributed by atoms with E-state index in [4.69, 9.17) is 9.15 Å². The summed E-state index contributed by atoms with van der Waals surface area (Å²) in [7, 11) is 0. The van der Waals surface area contributed by atoms with Crippen LogP contribution in [0, 0.1) is 0 Å². The Morgan fingerprint density at radius 2 is 2.00 bits per heavy atom. The predicted octanol–water partition coefficient (Wildman–Crippen LogP) is 3.98. The van der Waals surface area contributed by atoms with Crippen LogP contribution in [-0.2, 0) is 4.74 Å². The van der Waals surface area contributed by atoms with Crippen molar-refractivity contribution in [2.45, 2.75) is 19.8 Å². The van der Waals surface area contributed by atoms with E-state index in [9.17, 15) is 14.4 Å². The number of unbranched alkanes of at least 4 members (excludes halogenated alkanes) is 1. The highest BCUT2D eigenvalue weighted by molar-refractivity contribution is 9.11. The summed E-state index contributed by atoms with van der Waals surface area (Å²) < 4.78 is 11.3. The van der Waals surface area contributed by atoms with Gasteiger partial charge in [0.1, 0.15) is 5.56 Å². The summed E-state index contributed by atoms with van der Waals surface area (Å²) in [5.41, 5.74) is -0.783. The van der Waals surface area contributed by atoms with E-state index in [0.717, 1.165) is 10.9 Å². The van der Waals surface area contributed by atoms with Crippen molar-refractivity contribution in [3.63, 3.8) is 0 Å². The van der Waals surface area contributed by atoms with E-state index in [1.165, 1.54) is 6.07 Å². The zero-order valence-electron chi connectivity index (χ0n) is 12.2. The van der Waals surface area contributed by atoms with Crippen molar-refractivity contribution in [2.75, 3.05) is 6.61 Å². The molecule has 2 rings (SSSR count). The minimum absolute atomic E-state index is 0.210. The third-order valence-electron chi connectivity index (χ3n) is 2.94. The first-order valence-electron chi connectivity index (χ1n) is 6.83. The van der Waals surface area contributed by atoms with E-state index < -0.39 is 17.6 Å². The number of benzene rings is 1. The Hall–Kier alpha value is -1.67. The van der Waals surface area contributed by atoms with Crippen LogP contribution in [0.5, 0.6) is 0 Å². The summed E-state index contributed by atoms with van der Waals surface area (Å²) in [6, 6.07) is 4.78.